The van der Waals surface area contributed by atoms with Gasteiger partial charge in [0.25, 0.3) is 0 Å². The molecule has 9 heteroatoms. The number of ether oxygens (including phenoxy) is 1. The van der Waals surface area contributed by atoms with E-state index in [1.54, 1.807) is 4.90 Å². The predicted molar refractivity (Wildman–Crippen MR) is 176 cm³/mol. The summed E-state index contributed by atoms with van der Waals surface area (Å²) in [4.78, 5) is 41.9. The highest BCUT2D eigenvalue weighted by atomic mass is 16.5. The number of nitrogens with zero attached hydrogens (tertiary/aromatic N) is 1. The van der Waals surface area contributed by atoms with Crippen LogP contribution in [0.4, 0.5) is 0 Å². The molecule has 1 saturated heterocycles. The number of carbonyl (C=O) groups excluding carboxylic acids is 3. The molecule has 45 heavy (non-hydrogen) atoms. The highest BCUT2D eigenvalue weighted by Crippen LogP contribution is 2.23. The van der Waals surface area contributed by atoms with Crippen molar-refractivity contribution in [3.05, 3.63) is 83.9 Å². The quantitative estimate of drug-likeness (QED) is 0.172. The zero-order valence-electron chi connectivity index (χ0n) is 26.5. The van der Waals surface area contributed by atoms with Crippen molar-refractivity contribution in [1.29, 1.82) is 0 Å². The second-order valence-electron chi connectivity index (χ2n) is 11.8. The normalized spacial score (nSPS) is 16.1. The number of amides is 3. The van der Waals surface area contributed by atoms with Crippen molar-refractivity contribution in [3.8, 4) is 0 Å². The van der Waals surface area contributed by atoms with Crippen LogP contribution in [0, 0.1) is 5.92 Å². The Morgan fingerprint density at radius 2 is 1.67 bits per heavy atom. The maximum absolute atomic E-state index is 13.6. The summed E-state index contributed by atoms with van der Waals surface area (Å²) in [5.74, 6) is -0.794. The fraction of sp³-hybridized carbons (Fsp3) is 0.472. The van der Waals surface area contributed by atoms with Gasteiger partial charge in [-0.15, -0.1) is 0 Å². The molecule has 0 bridgehead atoms. The van der Waals surface area contributed by atoms with Crippen LogP contribution in [0.25, 0.3) is 10.8 Å². The number of carbonyl (C=O) groups is 3. The third-order valence-corrected chi connectivity index (χ3v) is 8.49. The number of hydrogen-bond acceptors (Lipinski definition) is 6. The molecule has 1 aliphatic rings. The van der Waals surface area contributed by atoms with Gasteiger partial charge in [0.15, 0.2) is 0 Å². The van der Waals surface area contributed by atoms with Crippen LogP contribution >= 0.6 is 0 Å². The van der Waals surface area contributed by atoms with Gasteiger partial charge >= 0.3 is 0 Å². The van der Waals surface area contributed by atoms with E-state index in [1.165, 1.54) is 0 Å². The Labute approximate surface area is 266 Å². The van der Waals surface area contributed by atoms with E-state index in [4.69, 9.17) is 4.74 Å². The monoisotopic (exact) mass is 616 g/mol. The molecule has 0 saturated carbocycles. The van der Waals surface area contributed by atoms with Gasteiger partial charge in [-0.05, 0) is 47.6 Å². The standard InChI is InChI=1S/C36H48N4O5/c1-3-28(4-2)36(44)40-19-10-15-33(40)35(43)39-32(22-27-16-17-29-13-8-9-14-30(29)21-27)34(42)38-24-31(41)23-37-18-20-45-25-26-11-6-5-7-12-26/h5-9,11-14,16-17,21,28,31-33,37,41H,3-4,10,15,18-20,22-25H2,1-2H3,(H,38,42)(H,39,43). The summed E-state index contributed by atoms with van der Waals surface area (Å²) in [6, 6.07) is 22.5. The van der Waals surface area contributed by atoms with Crippen LogP contribution < -0.4 is 16.0 Å². The first-order chi connectivity index (χ1) is 21.9. The molecular formula is C36H48N4O5. The van der Waals surface area contributed by atoms with E-state index in [9.17, 15) is 19.5 Å². The fourth-order valence-corrected chi connectivity index (χ4v) is 5.85. The molecule has 3 amide bonds. The number of rotatable bonds is 17. The van der Waals surface area contributed by atoms with E-state index < -0.39 is 18.2 Å². The number of hydrogen-bond donors (Lipinski definition) is 4. The number of likely N-dealkylation sites (tertiary alicyclic amines) is 1. The van der Waals surface area contributed by atoms with Crippen molar-refractivity contribution in [2.75, 3.05) is 32.8 Å². The zero-order chi connectivity index (χ0) is 32.0. The Morgan fingerprint density at radius 1 is 0.933 bits per heavy atom. The first kappa shape index (κ1) is 34.1. The first-order valence-electron chi connectivity index (χ1n) is 16.3. The van der Waals surface area contributed by atoms with Crippen molar-refractivity contribution in [3.63, 3.8) is 0 Å². The summed E-state index contributed by atoms with van der Waals surface area (Å²) < 4.78 is 5.66. The Morgan fingerprint density at radius 3 is 2.42 bits per heavy atom. The molecule has 242 valence electrons. The molecule has 0 aliphatic carbocycles. The number of benzene rings is 3. The zero-order valence-corrected chi connectivity index (χ0v) is 26.5. The average molecular weight is 617 g/mol. The van der Waals surface area contributed by atoms with E-state index in [0.717, 1.165) is 41.2 Å². The summed E-state index contributed by atoms with van der Waals surface area (Å²) in [7, 11) is 0. The van der Waals surface area contributed by atoms with Crippen molar-refractivity contribution < 1.29 is 24.2 Å². The minimum atomic E-state index is -0.865. The summed E-state index contributed by atoms with van der Waals surface area (Å²) in [6.07, 6.45) is 2.24. The molecule has 1 fully saturated rings. The minimum absolute atomic E-state index is 0.00858. The Kier molecular flexibility index (Phi) is 13.4. The molecule has 1 heterocycles. The van der Waals surface area contributed by atoms with Gasteiger partial charge in [0.05, 0.1) is 19.3 Å². The molecule has 3 unspecified atom stereocenters. The van der Waals surface area contributed by atoms with Gasteiger partial charge in [-0.3, -0.25) is 14.4 Å². The van der Waals surface area contributed by atoms with Crippen molar-refractivity contribution in [1.82, 2.24) is 20.9 Å². The Hall–Kier alpha value is -3.79. The van der Waals surface area contributed by atoms with Crippen LogP contribution in [0.1, 0.15) is 50.7 Å². The van der Waals surface area contributed by atoms with Crippen LogP contribution in [-0.4, -0.2) is 78.7 Å². The molecule has 0 aromatic heterocycles. The van der Waals surface area contributed by atoms with Gasteiger partial charge in [0.2, 0.25) is 17.7 Å². The van der Waals surface area contributed by atoms with Gasteiger partial charge in [-0.1, -0.05) is 86.6 Å². The van der Waals surface area contributed by atoms with E-state index in [1.807, 2.05) is 86.6 Å². The van der Waals surface area contributed by atoms with Gasteiger partial charge in [-0.25, -0.2) is 0 Å². The van der Waals surface area contributed by atoms with Gasteiger partial charge in [0, 0.05) is 38.5 Å². The van der Waals surface area contributed by atoms with Crippen LogP contribution in [0.5, 0.6) is 0 Å². The molecule has 1 aliphatic heterocycles. The number of aliphatic hydroxyl groups is 1. The predicted octanol–water partition coefficient (Wildman–Crippen LogP) is 3.58. The first-order valence-corrected chi connectivity index (χ1v) is 16.3. The van der Waals surface area contributed by atoms with Crippen LogP contribution in [0.15, 0.2) is 72.8 Å². The third kappa shape index (κ3) is 10.1. The lowest BCUT2D eigenvalue weighted by molar-refractivity contribution is -0.142. The van der Waals surface area contributed by atoms with Crippen molar-refractivity contribution in [2.45, 2.75) is 70.7 Å². The maximum atomic E-state index is 13.6. The Bertz CT molecular complexity index is 1380. The summed E-state index contributed by atoms with van der Waals surface area (Å²) in [5.41, 5.74) is 2.01. The van der Waals surface area contributed by atoms with Crippen molar-refractivity contribution >= 4 is 28.5 Å². The molecule has 3 aromatic rings. The largest absolute Gasteiger partial charge is 0.390 e. The minimum Gasteiger partial charge on any atom is -0.390 e. The Balaban J connectivity index is 1.33. The molecule has 0 spiro atoms. The molecule has 3 aromatic carbocycles. The topological polar surface area (TPSA) is 120 Å². The smallest absolute Gasteiger partial charge is 0.243 e. The lowest BCUT2D eigenvalue weighted by Gasteiger charge is -2.29. The molecular weight excluding hydrogens is 568 g/mol. The lowest BCUT2D eigenvalue weighted by atomic mass is 10.00. The highest BCUT2D eigenvalue weighted by molar-refractivity contribution is 5.93. The average Bonchev–Trinajstić information content (AvgIpc) is 3.56. The van der Waals surface area contributed by atoms with Crippen LogP contribution in [0.3, 0.4) is 0 Å². The number of nitrogens with one attached hydrogen (secondary N) is 3. The molecule has 4 N–H and O–H groups in total. The van der Waals surface area contributed by atoms with Gasteiger partial charge in [-0.2, -0.15) is 0 Å². The van der Waals surface area contributed by atoms with E-state index in [2.05, 4.69) is 16.0 Å². The third-order valence-electron chi connectivity index (χ3n) is 8.49. The fourth-order valence-electron chi connectivity index (χ4n) is 5.85. The molecule has 0 radical (unpaired) electrons. The van der Waals surface area contributed by atoms with Crippen LogP contribution in [-0.2, 0) is 32.1 Å². The van der Waals surface area contributed by atoms with Gasteiger partial charge in [0.1, 0.15) is 12.1 Å². The lowest BCUT2D eigenvalue weighted by Crippen LogP contribution is -2.55. The highest BCUT2D eigenvalue weighted by Gasteiger charge is 2.37. The molecule has 3 atom stereocenters. The van der Waals surface area contributed by atoms with Crippen molar-refractivity contribution in [2.24, 2.45) is 5.92 Å². The van der Waals surface area contributed by atoms with E-state index in [0.29, 0.717) is 32.7 Å². The SMILES string of the molecule is CCC(CC)C(=O)N1CCCC1C(=O)NC(Cc1ccc2ccccc2c1)C(=O)NCC(O)CNCCOCc1ccccc1. The van der Waals surface area contributed by atoms with E-state index >= 15 is 0 Å². The second-order valence-corrected chi connectivity index (χ2v) is 11.8. The summed E-state index contributed by atoms with van der Waals surface area (Å²) in [5, 5.41) is 21.6. The number of fused-ring (bicyclic) bond motifs is 1. The number of aliphatic hydroxyl groups excluding tert-OH is 1. The molecule has 4 rings (SSSR count). The molecule has 9 nitrogen and oxygen atoms in total. The van der Waals surface area contributed by atoms with Gasteiger partial charge < -0.3 is 30.7 Å². The van der Waals surface area contributed by atoms with Crippen LogP contribution in [0.2, 0.25) is 0 Å². The van der Waals surface area contributed by atoms with E-state index in [-0.39, 0.29) is 43.1 Å². The maximum Gasteiger partial charge on any atom is 0.243 e. The summed E-state index contributed by atoms with van der Waals surface area (Å²) in [6.45, 7) is 6.42. The summed E-state index contributed by atoms with van der Waals surface area (Å²) >= 11 is 0. The second kappa shape index (κ2) is 17.6.